The number of hydrogen-bond acceptors (Lipinski definition) is 4. The second-order valence-electron chi connectivity index (χ2n) is 5.42. The first-order valence-electron chi connectivity index (χ1n) is 7.86. The van der Waals surface area contributed by atoms with Crippen molar-refractivity contribution in [1.82, 2.24) is 18.8 Å². The summed E-state index contributed by atoms with van der Waals surface area (Å²) in [4.78, 5) is 18.7. The molecule has 4 aromatic rings. The molecule has 0 unspecified atom stereocenters. The standard InChI is InChI=1S/C10H10N2O3.C8H7ClN2/c13-10(14)7-15-6-8-5-12-4-2-1-3-9(12)11-8;9-5-7-6-11-4-2-1-3-8(11)10-7/h1-5H,6-7H2,(H,13,14);1-4,6H,5H2. The third kappa shape index (κ3) is 4.59. The molecule has 0 aliphatic rings. The lowest BCUT2D eigenvalue weighted by atomic mass is 10.5. The molecule has 0 saturated carbocycles. The van der Waals surface area contributed by atoms with Gasteiger partial charge in [0.15, 0.2) is 0 Å². The molecule has 4 rings (SSSR count). The molecule has 0 fully saturated rings. The van der Waals surface area contributed by atoms with Crippen LogP contribution in [0.25, 0.3) is 11.3 Å². The van der Waals surface area contributed by atoms with Crippen LogP contribution in [0.5, 0.6) is 0 Å². The van der Waals surface area contributed by atoms with Crippen LogP contribution in [-0.2, 0) is 22.0 Å². The van der Waals surface area contributed by atoms with E-state index in [0.29, 0.717) is 5.88 Å². The number of nitrogens with zero attached hydrogens (tertiary/aromatic N) is 4. The van der Waals surface area contributed by atoms with Crippen LogP contribution in [0.1, 0.15) is 11.4 Å². The van der Waals surface area contributed by atoms with Crippen LogP contribution in [0.2, 0.25) is 0 Å². The van der Waals surface area contributed by atoms with Gasteiger partial charge in [-0.2, -0.15) is 0 Å². The normalized spacial score (nSPS) is 10.7. The van der Waals surface area contributed by atoms with Crippen molar-refractivity contribution in [3.63, 3.8) is 0 Å². The van der Waals surface area contributed by atoms with Gasteiger partial charge in [0.2, 0.25) is 0 Å². The number of rotatable bonds is 5. The Kier molecular flexibility index (Phi) is 5.83. The molecule has 0 atom stereocenters. The van der Waals surface area contributed by atoms with Gasteiger partial charge >= 0.3 is 5.97 Å². The zero-order chi connectivity index (χ0) is 18.4. The van der Waals surface area contributed by atoms with E-state index >= 15 is 0 Å². The molecular weight excluding hydrogens is 356 g/mol. The number of halogens is 1. The molecule has 8 heteroatoms. The lowest BCUT2D eigenvalue weighted by Gasteiger charge is -1.95. The van der Waals surface area contributed by atoms with Gasteiger partial charge in [0.25, 0.3) is 0 Å². The first-order chi connectivity index (χ1) is 12.7. The number of fused-ring (bicyclic) bond motifs is 2. The summed E-state index contributed by atoms with van der Waals surface area (Å²) in [5.41, 5.74) is 3.41. The summed E-state index contributed by atoms with van der Waals surface area (Å²) < 4.78 is 8.75. The van der Waals surface area contributed by atoms with E-state index in [9.17, 15) is 4.79 Å². The Morgan fingerprint density at radius 2 is 1.58 bits per heavy atom. The average molecular weight is 373 g/mol. The lowest BCUT2D eigenvalue weighted by Crippen LogP contribution is -2.06. The Morgan fingerprint density at radius 1 is 1.00 bits per heavy atom. The maximum atomic E-state index is 10.2. The number of carboxylic acid groups (broad SMARTS) is 1. The molecule has 0 bridgehead atoms. The van der Waals surface area contributed by atoms with Crippen molar-refractivity contribution in [2.45, 2.75) is 12.5 Å². The van der Waals surface area contributed by atoms with Gasteiger partial charge < -0.3 is 18.6 Å². The maximum Gasteiger partial charge on any atom is 0.329 e. The number of imidazole rings is 2. The number of carbonyl (C=O) groups is 1. The third-order valence-electron chi connectivity index (χ3n) is 3.44. The largest absolute Gasteiger partial charge is 0.480 e. The molecule has 0 aliphatic carbocycles. The van der Waals surface area contributed by atoms with Crippen molar-refractivity contribution in [2.75, 3.05) is 6.61 Å². The minimum Gasteiger partial charge on any atom is -0.480 e. The summed E-state index contributed by atoms with van der Waals surface area (Å²) >= 11 is 5.62. The molecule has 4 heterocycles. The first-order valence-corrected chi connectivity index (χ1v) is 8.40. The van der Waals surface area contributed by atoms with Crippen LogP contribution in [0.4, 0.5) is 0 Å². The van der Waals surface area contributed by atoms with E-state index in [-0.39, 0.29) is 13.2 Å². The van der Waals surface area contributed by atoms with E-state index in [4.69, 9.17) is 21.4 Å². The molecule has 4 aromatic heterocycles. The monoisotopic (exact) mass is 372 g/mol. The van der Waals surface area contributed by atoms with Crippen molar-refractivity contribution in [2.24, 2.45) is 0 Å². The van der Waals surface area contributed by atoms with Crippen LogP contribution in [0.3, 0.4) is 0 Å². The van der Waals surface area contributed by atoms with Gasteiger partial charge in [-0.1, -0.05) is 12.1 Å². The molecule has 0 amide bonds. The smallest absolute Gasteiger partial charge is 0.329 e. The fourth-order valence-corrected chi connectivity index (χ4v) is 2.48. The van der Waals surface area contributed by atoms with Crippen LogP contribution in [0.15, 0.2) is 61.2 Å². The minimum absolute atomic E-state index is 0.216. The molecule has 0 aliphatic heterocycles. The van der Waals surface area contributed by atoms with E-state index in [0.717, 1.165) is 22.7 Å². The highest BCUT2D eigenvalue weighted by molar-refractivity contribution is 6.16. The van der Waals surface area contributed by atoms with E-state index < -0.39 is 5.97 Å². The zero-order valence-corrected chi connectivity index (χ0v) is 14.6. The van der Waals surface area contributed by atoms with Gasteiger partial charge in [-0.15, -0.1) is 11.6 Å². The summed E-state index contributed by atoms with van der Waals surface area (Å²) in [5.74, 6) is -0.499. The highest BCUT2D eigenvalue weighted by Gasteiger charge is 2.02. The molecule has 0 saturated heterocycles. The molecule has 1 N–H and O–H groups in total. The van der Waals surface area contributed by atoms with Crippen LogP contribution >= 0.6 is 11.6 Å². The number of carboxylic acids is 1. The number of pyridine rings is 2. The van der Waals surface area contributed by atoms with Crippen LogP contribution < -0.4 is 0 Å². The number of hydrogen-bond donors (Lipinski definition) is 1. The van der Waals surface area contributed by atoms with Gasteiger partial charge in [-0.05, 0) is 24.3 Å². The summed E-state index contributed by atoms with van der Waals surface area (Å²) in [7, 11) is 0. The summed E-state index contributed by atoms with van der Waals surface area (Å²) in [6.07, 6.45) is 7.58. The number of aliphatic carboxylic acids is 1. The SMILES string of the molecule is ClCc1cn2ccccc2n1.O=C(O)COCc1cn2ccccc2n1. The Hall–Kier alpha value is -2.90. The van der Waals surface area contributed by atoms with Gasteiger partial charge in [0.05, 0.1) is 23.9 Å². The molecular formula is C18H17ClN4O3. The molecule has 0 aromatic carbocycles. The number of ether oxygens (including phenoxy) is 1. The van der Waals surface area contributed by atoms with E-state index in [1.54, 1.807) is 0 Å². The molecule has 0 radical (unpaired) electrons. The molecule has 26 heavy (non-hydrogen) atoms. The van der Waals surface area contributed by atoms with Gasteiger partial charge in [-0.25, -0.2) is 14.8 Å². The molecule has 7 nitrogen and oxygen atoms in total. The van der Waals surface area contributed by atoms with E-state index in [1.165, 1.54) is 0 Å². The number of alkyl halides is 1. The van der Waals surface area contributed by atoms with Crippen LogP contribution in [-0.4, -0.2) is 36.5 Å². The Bertz CT molecular complexity index is 946. The summed E-state index contributed by atoms with van der Waals surface area (Å²) in [6, 6.07) is 11.5. The van der Waals surface area contributed by atoms with Gasteiger partial charge in [-0.3, -0.25) is 0 Å². The van der Waals surface area contributed by atoms with Crippen molar-refractivity contribution in [1.29, 1.82) is 0 Å². The molecule has 0 spiro atoms. The number of aromatic nitrogens is 4. The zero-order valence-electron chi connectivity index (χ0n) is 13.8. The van der Waals surface area contributed by atoms with Gasteiger partial charge in [0, 0.05) is 24.8 Å². The van der Waals surface area contributed by atoms with Crippen LogP contribution in [0, 0.1) is 0 Å². The van der Waals surface area contributed by atoms with E-state index in [1.807, 2.05) is 70.0 Å². The Labute approximate surface area is 154 Å². The topological polar surface area (TPSA) is 81.1 Å². The fraction of sp³-hybridized carbons (Fsp3) is 0.167. The van der Waals surface area contributed by atoms with Crippen molar-refractivity contribution >= 4 is 28.9 Å². The Balaban J connectivity index is 0.000000158. The fourth-order valence-electron chi connectivity index (χ4n) is 2.35. The van der Waals surface area contributed by atoms with Crippen molar-refractivity contribution in [3.8, 4) is 0 Å². The third-order valence-corrected chi connectivity index (χ3v) is 3.71. The maximum absolute atomic E-state index is 10.2. The average Bonchev–Trinajstić information content (AvgIpc) is 3.25. The van der Waals surface area contributed by atoms with Crippen molar-refractivity contribution < 1.29 is 14.6 Å². The first kappa shape index (κ1) is 17.9. The van der Waals surface area contributed by atoms with Crippen molar-refractivity contribution in [3.05, 3.63) is 72.6 Å². The predicted octanol–water partition coefficient (Wildman–Crippen LogP) is 3.01. The second-order valence-corrected chi connectivity index (χ2v) is 5.68. The summed E-state index contributed by atoms with van der Waals surface area (Å²) in [6.45, 7) is -0.0815. The second kappa shape index (κ2) is 8.46. The lowest BCUT2D eigenvalue weighted by molar-refractivity contribution is -0.142. The molecule has 134 valence electrons. The van der Waals surface area contributed by atoms with E-state index in [2.05, 4.69) is 9.97 Å². The minimum atomic E-state index is -0.973. The highest BCUT2D eigenvalue weighted by atomic mass is 35.5. The summed E-state index contributed by atoms with van der Waals surface area (Å²) in [5, 5.41) is 8.38. The highest BCUT2D eigenvalue weighted by Crippen LogP contribution is 2.06. The quantitative estimate of drug-likeness (QED) is 0.545. The Morgan fingerprint density at radius 3 is 2.12 bits per heavy atom. The predicted molar refractivity (Wildman–Crippen MR) is 97.2 cm³/mol. The van der Waals surface area contributed by atoms with Gasteiger partial charge in [0.1, 0.15) is 17.9 Å².